The van der Waals surface area contributed by atoms with E-state index in [0.29, 0.717) is 5.91 Å². The number of hydrogen-bond donors (Lipinski definition) is 0. The Kier molecular flexibility index (Phi) is 4.10. The molecule has 0 radical (unpaired) electrons. The minimum Gasteiger partial charge on any atom is -0.469 e. The van der Waals surface area contributed by atoms with Crippen LogP contribution in [0.15, 0.2) is 16.7 Å². The zero-order chi connectivity index (χ0) is 13.9. The van der Waals surface area contributed by atoms with Crippen LogP contribution in [0.3, 0.4) is 0 Å². The highest BCUT2D eigenvalue weighted by atomic mass is 16.3. The van der Waals surface area contributed by atoms with E-state index in [2.05, 4.69) is 11.8 Å². The number of carbonyl (C=O) groups is 1. The second-order valence-corrected chi connectivity index (χ2v) is 5.87. The molecule has 3 heterocycles. The number of nitrogens with zero attached hydrogens (tertiary/aromatic N) is 2. The van der Waals surface area contributed by atoms with Crippen LogP contribution >= 0.6 is 0 Å². The molecule has 4 nitrogen and oxygen atoms in total. The van der Waals surface area contributed by atoms with E-state index >= 15 is 0 Å². The molecule has 0 aromatic carbocycles. The molecule has 2 aliphatic rings. The average molecular weight is 276 g/mol. The van der Waals surface area contributed by atoms with Crippen molar-refractivity contribution in [2.24, 2.45) is 0 Å². The summed E-state index contributed by atoms with van der Waals surface area (Å²) in [5.74, 6) is 1.39. The highest BCUT2D eigenvalue weighted by molar-refractivity contribution is 5.82. The largest absolute Gasteiger partial charge is 0.469 e. The van der Waals surface area contributed by atoms with Gasteiger partial charge in [0, 0.05) is 25.1 Å². The number of likely N-dealkylation sites (N-methyl/N-ethyl adjacent to an activating group) is 1. The van der Waals surface area contributed by atoms with Crippen LogP contribution in [0.1, 0.15) is 43.9 Å². The van der Waals surface area contributed by atoms with Crippen LogP contribution in [0.4, 0.5) is 0 Å². The van der Waals surface area contributed by atoms with Crippen LogP contribution in [0.5, 0.6) is 0 Å². The van der Waals surface area contributed by atoms with Crippen molar-refractivity contribution in [2.45, 2.75) is 51.6 Å². The van der Waals surface area contributed by atoms with E-state index < -0.39 is 0 Å². The standard InChI is InChI=1S/C16H24N2O2/c1-2-17-9-4-3-6-14(17)16(19)18-10-5-7-15-13(12-18)8-11-20-15/h8,11,14H,2-7,9-10,12H2,1H3. The summed E-state index contributed by atoms with van der Waals surface area (Å²) in [6, 6.07) is 2.11. The van der Waals surface area contributed by atoms with Crippen molar-refractivity contribution in [1.29, 1.82) is 0 Å². The van der Waals surface area contributed by atoms with E-state index in [1.807, 2.05) is 11.0 Å². The summed E-state index contributed by atoms with van der Waals surface area (Å²) < 4.78 is 5.50. The lowest BCUT2D eigenvalue weighted by atomic mass is 10.0. The van der Waals surface area contributed by atoms with Crippen molar-refractivity contribution in [3.63, 3.8) is 0 Å². The maximum atomic E-state index is 12.9. The van der Waals surface area contributed by atoms with E-state index in [1.165, 1.54) is 18.4 Å². The topological polar surface area (TPSA) is 36.7 Å². The van der Waals surface area contributed by atoms with Gasteiger partial charge in [-0.25, -0.2) is 0 Å². The Labute approximate surface area is 120 Å². The van der Waals surface area contributed by atoms with Gasteiger partial charge in [-0.2, -0.15) is 0 Å². The van der Waals surface area contributed by atoms with Crippen molar-refractivity contribution in [2.75, 3.05) is 19.6 Å². The van der Waals surface area contributed by atoms with Gasteiger partial charge < -0.3 is 9.32 Å². The molecule has 0 saturated carbocycles. The predicted molar refractivity (Wildman–Crippen MR) is 77.3 cm³/mol. The maximum absolute atomic E-state index is 12.9. The SMILES string of the molecule is CCN1CCCCC1C(=O)N1CCCc2occc2C1. The van der Waals surface area contributed by atoms with Gasteiger partial charge in [0.2, 0.25) is 5.91 Å². The lowest BCUT2D eigenvalue weighted by Crippen LogP contribution is -2.50. The number of carbonyl (C=O) groups excluding carboxylic acids is 1. The van der Waals surface area contributed by atoms with Gasteiger partial charge >= 0.3 is 0 Å². The summed E-state index contributed by atoms with van der Waals surface area (Å²) in [6.45, 7) is 5.77. The van der Waals surface area contributed by atoms with Gasteiger partial charge in [-0.15, -0.1) is 0 Å². The Morgan fingerprint density at radius 3 is 3.10 bits per heavy atom. The zero-order valence-corrected chi connectivity index (χ0v) is 12.3. The van der Waals surface area contributed by atoms with Crippen LogP contribution in [0.25, 0.3) is 0 Å². The summed E-state index contributed by atoms with van der Waals surface area (Å²) in [6.07, 6.45) is 7.12. The average Bonchev–Trinajstić information content (AvgIpc) is 2.83. The van der Waals surface area contributed by atoms with Crippen molar-refractivity contribution in [1.82, 2.24) is 9.80 Å². The molecule has 1 unspecified atom stereocenters. The van der Waals surface area contributed by atoms with E-state index in [-0.39, 0.29) is 6.04 Å². The third-order valence-electron chi connectivity index (χ3n) is 4.65. The number of furan rings is 1. The molecule has 0 aliphatic carbocycles. The van der Waals surface area contributed by atoms with Crippen molar-refractivity contribution in [3.05, 3.63) is 23.7 Å². The summed E-state index contributed by atoms with van der Waals surface area (Å²) in [5, 5.41) is 0. The van der Waals surface area contributed by atoms with E-state index in [9.17, 15) is 4.79 Å². The molecule has 4 heteroatoms. The molecule has 1 atom stereocenters. The number of amides is 1. The number of fused-ring (bicyclic) bond motifs is 1. The molecule has 0 spiro atoms. The molecule has 1 aromatic heterocycles. The first-order valence-electron chi connectivity index (χ1n) is 7.87. The molecule has 1 amide bonds. The van der Waals surface area contributed by atoms with Crippen molar-refractivity contribution >= 4 is 5.91 Å². The third-order valence-corrected chi connectivity index (χ3v) is 4.65. The smallest absolute Gasteiger partial charge is 0.240 e. The molecule has 0 bridgehead atoms. The Morgan fingerprint density at radius 1 is 1.35 bits per heavy atom. The Morgan fingerprint density at radius 2 is 2.25 bits per heavy atom. The summed E-state index contributed by atoms with van der Waals surface area (Å²) in [5.41, 5.74) is 1.19. The predicted octanol–water partition coefficient (Wildman–Crippen LogP) is 2.43. The molecule has 1 fully saturated rings. The van der Waals surface area contributed by atoms with Crippen molar-refractivity contribution in [3.8, 4) is 0 Å². The van der Waals surface area contributed by atoms with Crippen molar-refractivity contribution < 1.29 is 9.21 Å². The maximum Gasteiger partial charge on any atom is 0.240 e. The van der Waals surface area contributed by atoms with Crippen LogP contribution < -0.4 is 0 Å². The number of hydrogen-bond acceptors (Lipinski definition) is 3. The molecule has 1 aromatic rings. The third kappa shape index (κ3) is 2.62. The molecular formula is C16H24N2O2. The fraction of sp³-hybridized carbons (Fsp3) is 0.688. The molecule has 1 saturated heterocycles. The Balaban J connectivity index is 1.73. The lowest BCUT2D eigenvalue weighted by molar-refractivity contribution is -0.138. The van der Waals surface area contributed by atoms with E-state index in [4.69, 9.17) is 4.42 Å². The van der Waals surface area contributed by atoms with Gasteiger partial charge in [-0.1, -0.05) is 13.3 Å². The van der Waals surface area contributed by atoms with Crippen LogP contribution in [0, 0.1) is 0 Å². The highest BCUT2D eigenvalue weighted by Gasteiger charge is 2.32. The molecule has 3 rings (SSSR count). The quantitative estimate of drug-likeness (QED) is 0.832. The molecule has 0 N–H and O–H groups in total. The second kappa shape index (κ2) is 6.00. The number of aryl methyl sites for hydroxylation is 1. The fourth-order valence-corrected chi connectivity index (χ4v) is 3.49. The molecular weight excluding hydrogens is 252 g/mol. The van der Waals surface area contributed by atoms with E-state index in [0.717, 1.165) is 51.2 Å². The minimum atomic E-state index is 0.0993. The molecule has 20 heavy (non-hydrogen) atoms. The molecule has 2 aliphatic heterocycles. The first-order valence-corrected chi connectivity index (χ1v) is 7.87. The monoisotopic (exact) mass is 276 g/mol. The van der Waals surface area contributed by atoms with Crippen LogP contribution in [0.2, 0.25) is 0 Å². The highest BCUT2D eigenvalue weighted by Crippen LogP contribution is 2.23. The Hall–Kier alpha value is -1.29. The number of rotatable bonds is 2. The lowest BCUT2D eigenvalue weighted by Gasteiger charge is -2.36. The first kappa shape index (κ1) is 13.7. The normalized spacial score (nSPS) is 24.2. The molecule has 110 valence electrons. The summed E-state index contributed by atoms with van der Waals surface area (Å²) >= 11 is 0. The van der Waals surface area contributed by atoms with Gasteiger partial charge in [0.25, 0.3) is 0 Å². The van der Waals surface area contributed by atoms with Gasteiger partial charge in [-0.3, -0.25) is 9.69 Å². The van der Waals surface area contributed by atoms with Gasteiger partial charge in [0.05, 0.1) is 12.3 Å². The van der Waals surface area contributed by atoms with E-state index in [1.54, 1.807) is 6.26 Å². The van der Waals surface area contributed by atoms with Gasteiger partial charge in [0.15, 0.2) is 0 Å². The summed E-state index contributed by atoms with van der Waals surface area (Å²) in [4.78, 5) is 17.2. The van der Waals surface area contributed by atoms with Crippen LogP contribution in [-0.4, -0.2) is 41.4 Å². The summed E-state index contributed by atoms with van der Waals surface area (Å²) in [7, 11) is 0. The van der Waals surface area contributed by atoms with Gasteiger partial charge in [0.1, 0.15) is 5.76 Å². The van der Waals surface area contributed by atoms with Gasteiger partial charge in [-0.05, 0) is 38.4 Å². The Bertz CT molecular complexity index is 469. The number of likely N-dealkylation sites (tertiary alicyclic amines) is 1. The fourth-order valence-electron chi connectivity index (χ4n) is 3.49. The number of piperidine rings is 1. The minimum absolute atomic E-state index is 0.0993. The first-order chi connectivity index (χ1) is 9.79. The second-order valence-electron chi connectivity index (χ2n) is 5.87. The zero-order valence-electron chi connectivity index (χ0n) is 12.3. The van der Waals surface area contributed by atoms with Crippen LogP contribution in [-0.2, 0) is 17.8 Å².